The van der Waals surface area contributed by atoms with Crippen LogP contribution in [0, 0.1) is 23.7 Å². The SMILES string of the molecule is CC(C)(C)NS(=O)(=O)c1ccc(C(=O)N[C@@H]2C[C@H]3C[C@H]2[C@H]2CCC[C@@H]32)o1. The zero-order valence-electron chi connectivity index (χ0n) is 15.6. The van der Waals surface area contributed by atoms with Crippen molar-refractivity contribution in [2.75, 3.05) is 0 Å². The fourth-order valence-corrected chi connectivity index (χ4v) is 6.87. The second-order valence-electron chi connectivity index (χ2n) is 9.21. The van der Waals surface area contributed by atoms with Crippen LogP contribution in [0.2, 0.25) is 0 Å². The molecule has 1 aromatic rings. The molecule has 0 radical (unpaired) electrons. The summed E-state index contributed by atoms with van der Waals surface area (Å²) in [4.78, 5) is 12.6. The Labute approximate surface area is 155 Å². The molecule has 1 amide bonds. The first kappa shape index (κ1) is 18.0. The van der Waals surface area contributed by atoms with Gasteiger partial charge in [-0.25, -0.2) is 13.1 Å². The molecule has 0 saturated heterocycles. The van der Waals surface area contributed by atoms with Crippen molar-refractivity contribution in [1.29, 1.82) is 0 Å². The van der Waals surface area contributed by atoms with Crippen molar-refractivity contribution in [2.45, 2.75) is 69.5 Å². The number of hydrogen-bond donors (Lipinski definition) is 2. The topological polar surface area (TPSA) is 88.4 Å². The number of carbonyl (C=O) groups excluding carboxylic acids is 1. The van der Waals surface area contributed by atoms with E-state index in [1.54, 1.807) is 20.8 Å². The number of fused-ring (bicyclic) bond motifs is 5. The maximum Gasteiger partial charge on any atom is 0.287 e. The maximum atomic E-state index is 12.6. The molecular weight excluding hydrogens is 352 g/mol. The number of sulfonamides is 1. The molecule has 3 fully saturated rings. The van der Waals surface area contributed by atoms with Gasteiger partial charge in [-0.2, -0.15) is 0 Å². The number of nitrogens with one attached hydrogen (secondary N) is 2. The number of rotatable bonds is 4. The summed E-state index contributed by atoms with van der Waals surface area (Å²) in [6.07, 6.45) is 6.25. The highest BCUT2D eigenvalue weighted by Crippen LogP contribution is 2.58. The molecule has 6 nitrogen and oxygen atoms in total. The molecule has 2 bridgehead atoms. The van der Waals surface area contributed by atoms with E-state index in [4.69, 9.17) is 4.42 Å². The van der Waals surface area contributed by atoms with E-state index < -0.39 is 15.6 Å². The maximum absolute atomic E-state index is 12.6. The Balaban J connectivity index is 1.43. The molecule has 0 aliphatic heterocycles. The van der Waals surface area contributed by atoms with Gasteiger partial charge in [-0.3, -0.25) is 4.79 Å². The van der Waals surface area contributed by atoms with Crippen LogP contribution in [0.25, 0.3) is 0 Å². The lowest BCUT2D eigenvalue weighted by molar-refractivity contribution is 0.0867. The average molecular weight is 381 g/mol. The van der Waals surface area contributed by atoms with E-state index in [2.05, 4.69) is 10.0 Å². The summed E-state index contributed by atoms with van der Waals surface area (Å²) in [7, 11) is -3.77. The largest absolute Gasteiger partial charge is 0.438 e. The molecule has 144 valence electrons. The van der Waals surface area contributed by atoms with Gasteiger partial charge in [-0.15, -0.1) is 0 Å². The van der Waals surface area contributed by atoms with E-state index in [0.29, 0.717) is 5.92 Å². The van der Waals surface area contributed by atoms with Crippen molar-refractivity contribution < 1.29 is 17.6 Å². The van der Waals surface area contributed by atoms with Crippen LogP contribution >= 0.6 is 0 Å². The van der Waals surface area contributed by atoms with Crippen molar-refractivity contribution in [3.8, 4) is 0 Å². The van der Waals surface area contributed by atoms with Crippen LogP contribution in [0.4, 0.5) is 0 Å². The summed E-state index contributed by atoms with van der Waals surface area (Å²) in [6.45, 7) is 5.27. The molecule has 2 N–H and O–H groups in total. The second kappa shape index (κ2) is 6.09. The lowest BCUT2D eigenvalue weighted by Gasteiger charge is -2.31. The van der Waals surface area contributed by atoms with Crippen LogP contribution in [0.5, 0.6) is 0 Å². The van der Waals surface area contributed by atoms with E-state index in [9.17, 15) is 13.2 Å². The van der Waals surface area contributed by atoms with Gasteiger partial charge in [0.15, 0.2) is 5.76 Å². The van der Waals surface area contributed by atoms with Gasteiger partial charge in [0, 0.05) is 11.6 Å². The highest BCUT2D eigenvalue weighted by atomic mass is 32.2. The third-order valence-electron chi connectivity index (χ3n) is 6.26. The van der Waals surface area contributed by atoms with Crippen LogP contribution in [0.3, 0.4) is 0 Å². The smallest absolute Gasteiger partial charge is 0.287 e. The van der Waals surface area contributed by atoms with E-state index >= 15 is 0 Å². The summed E-state index contributed by atoms with van der Waals surface area (Å²) in [5.41, 5.74) is -0.616. The van der Waals surface area contributed by atoms with E-state index in [-0.39, 0.29) is 22.8 Å². The Hall–Kier alpha value is -1.34. The van der Waals surface area contributed by atoms with Gasteiger partial charge in [-0.1, -0.05) is 6.42 Å². The van der Waals surface area contributed by atoms with Crippen molar-refractivity contribution in [3.05, 3.63) is 17.9 Å². The minimum atomic E-state index is -3.77. The second-order valence-corrected chi connectivity index (χ2v) is 10.8. The minimum absolute atomic E-state index is 0.0602. The van der Waals surface area contributed by atoms with E-state index in [1.165, 1.54) is 37.8 Å². The molecule has 5 atom stereocenters. The summed E-state index contributed by atoms with van der Waals surface area (Å²) in [5, 5.41) is 2.88. The van der Waals surface area contributed by atoms with Crippen LogP contribution in [0.1, 0.15) is 63.4 Å². The standard InChI is InChI=1S/C19H28N2O4S/c1-19(2,3)21-26(23,24)17-8-7-16(25-17)18(22)20-15-10-11-9-14(15)13-6-4-5-12(11)13/h7-8,11-15,21H,4-6,9-10H2,1-3H3,(H,20,22)/t11-,12+,13+,14+,15-/m1/s1. The fraction of sp³-hybridized carbons (Fsp3) is 0.737. The fourth-order valence-electron chi connectivity index (χ4n) is 5.51. The predicted molar refractivity (Wildman–Crippen MR) is 97.1 cm³/mol. The Bertz CT molecular complexity index is 808. The van der Waals surface area contributed by atoms with Gasteiger partial charge in [-0.05, 0) is 82.3 Å². The first-order chi connectivity index (χ1) is 12.1. The van der Waals surface area contributed by atoms with Gasteiger partial charge >= 0.3 is 0 Å². The molecule has 3 saturated carbocycles. The van der Waals surface area contributed by atoms with Crippen LogP contribution in [-0.2, 0) is 10.0 Å². The van der Waals surface area contributed by atoms with Crippen LogP contribution < -0.4 is 10.0 Å². The van der Waals surface area contributed by atoms with Gasteiger partial charge < -0.3 is 9.73 Å². The average Bonchev–Trinajstić information content (AvgIpc) is 3.26. The number of amides is 1. The van der Waals surface area contributed by atoms with Gasteiger partial charge in [0.05, 0.1) is 0 Å². The van der Waals surface area contributed by atoms with Gasteiger partial charge in [0.25, 0.3) is 15.9 Å². The lowest BCUT2D eigenvalue weighted by atomic mass is 9.79. The van der Waals surface area contributed by atoms with Crippen molar-refractivity contribution in [3.63, 3.8) is 0 Å². The lowest BCUT2D eigenvalue weighted by Crippen LogP contribution is -2.42. The number of carbonyl (C=O) groups is 1. The molecule has 3 aliphatic carbocycles. The predicted octanol–water partition coefficient (Wildman–Crippen LogP) is 2.91. The quantitative estimate of drug-likeness (QED) is 0.841. The molecule has 0 spiro atoms. The first-order valence-electron chi connectivity index (χ1n) is 9.59. The van der Waals surface area contributed by atoms with E-state index in [0.717, 1.165) is 24.2 Å². The Morgan fingerprint density at radius 3 is 2.58 bits per heavy atom. The molecule has 1 heterocycles. The molecular formula is C19H28N2O4S. The van der Waals surface area contributed by atoms with E-state index in [1.807, 2.05) is 0 Å². The van der Waals surface area contributed by atoms with Crippen molar-refractivity contribution in [2.24, 2.45) is 23.7 Å². The highest BCUT2D eigenvalue weighted by molar-refractivity contribution is 7.89. The first-order valence-corrected chi connectivity index (χ1v) is 11.1. The van der Waals surface area contributed by atoms with Crippen LogP contribution in [-0.4, -0.2) is 25.9 Å². The van der Waals surface area contributed by atoms with Gasteiger partial charge in [0.2, 0.25) is 5.09 Å². The monoisotopic (exact) mass is 380 g/mol. The molecule has 3 aliphatic rings. The molecule has 0 unspecified atom stereocenters. The highest BCUT2D eigenvalue weighted by Gasteiger charge is 2.54. The normalized spacial score (nSPS) is 33.4. The third-order valence-corrected chi connectivity index (χ3v) is 7.89. The Morgan fingerprint density at radius 2 is 1.85 bits per heavy atom. The Kier molecular flexibility index (Phi) is 4.23. The number of hydrogen-bond acceptors (Lipinski definition) is 4. The third kappa shape index (κ3) is 3.20. The van der Waals surface area contributed by atoms with Crippen molar-refractivity contribution in [1.82, 2.24) is 10.0 Å². The molecule has 26 heavy (non-hydrogen) atoms. The summed E-state index contributed by atoms with van der Waals surface area (Å²) in [5.74, 6) is 2.72. The minimum Gasteiger partial charge on any atom is -0.438 e. The summed E-state index contributed by atoms with van der Waals surface area (Å²) >= 11 is 0. The van der Waals surface area contributed by atoms with Crippen LogP contribution in [0.15, 0.2) is 21.6 Å². The van der Waals surface area contributed by atoms with Gasteiger partial charge in [0.1, 0.15) is 0 Å². The molecule has 4 rings (SSSR count). The molecule has 1 aromatic heterocycles. The summed E-state index contributed by atoms with van der Waals surface area (Å²) < 4.78 is 32.5. The Morgan fingerprint density at radius 1 is 1.12 bits per heavy atom. The zero-order valence-corrected chi connectivity index (χ0v) is 16.4. The molecule has 7 heteroatoms. The number of furan rings is 1. The molecule has 0 aromatic carbocycles. The summed E-state index contributed by atoms with van der Waals surface area (Å²) in [6, 6.07) is 2.99. The van der Waals surface area contributed by atoms with Crippen molar-refractivity contribution >= 4 is 15.9 Å². The zero-order chi connectivity index (χ0) is 18.7.